The molecule has 180 valence electrons. The molecule has 0 unspecified atom stereocenters. The monoisotopic (exact) mass is 468 g/mol. The number of carbonyl (C=O) groups is 2. The number of hydrogen-bond donors (Lipinski definition) is 2. The normalized spacial score (nSPS) is 23.9. The Balaban J connectivity index is 1.51. The zero-order chi connectivity index (χ0) is 24.3. The van der Waals surface area contributed by atoms with Crippen molar-refractivity contribution in [2.24, 2.45) is 5.92 Å². The molecule has 0 radical (unpaired) electrons. The fraction of sp³-hybridized carbons (Fsp3) is 0.310. The van der Waals surface area contributed by atoms with Crippen LogP contribution in [0.2, 0.25) is 0 Å². The van der Waals surface area contributed by atoms with Crippen LogP contribution in [0, 0.1) is 5.92 Å². The number of carbonyl (C=O) groups excluding carboxylic acids is 2. The van der Waals surface area contributed by atoms with E-state index in [1.807, 2.05) is 66.7 Å². The van der Waals surface area contributed by atoms with Gasteiger partial charge in [-0.1, -0.05) is 66.7 Å². The van der Waals surface area contributed by atoms with E-state index in [0.717, 1.165) is 24.3 Å². The number of anilines is 2. The molecule has 2 saturated heterocycles. The molecule has 3 aromatic rings. The van der Waals surface area contributed by atoms with Crippen LogP contribution in [0.1, 0.15) is 24.9 Å². The second kappa shape index (κ2) is 10.0. The number of amides is 2. The summed E-state index contributed by atoms with van der Waals surface area (Å²) in [4.78, 5) is 30.3. The van der Waals surface area contributed by atoms with Crippen molar-refractivity contribution in [1.82, 2.24) is 15.5 Å². The first kappa shape index (κ1) is 23.3. The maximum atomic E-state index is 14.0. The molecule has 2 amide bonds. The summed E-state index contributed by atoms with van der Waals surface area (Å²) in [5, 5.41) is 6.77. The van der Waals surface area contributed by atoms with Crippen molar-refractivity contribution in [3.63, 3.8) is 0 Å². The third-order valence-corrected chi connectivity index (χ3v) is 7.22. The molecule has 5 rings (SSSR count). The lowest BCUT2D eigenvalue weighted by atomic mass is 9.76. The first-order valence-electron chi connectivity index (χ1n) is 12.3. The van der Waals surface area contributed by atoms with Crippen molar-refractivity contribution < 1.29 is 9.59 Å². The minimum absolute atomic E-state index is 0.00733. The van der Waals surface area contributed by atoms with E-state index in [1.54, 1.807) is 11.8 Å². The van der Waals surface area contributed by atoms with Gasteiger partial charge in [-0.3, -0.25) is 19.4 Å². The van der Waals surface area contributed by atoms with E-state index >= 15 is 0 Å². The summed E-state index contributed by atoms with van der Waals surface area (Å²) in [6.07, 6.45) is 0.936. The van der Waals surface area contributed by atoms with Gasteiger partial charge < -0.3 is 10.6 Å². The number of likely N-dealkylation sites (tertiary alicyclic amines) is 1. The second-order valence-corrected chi connectivity index (χ2v) is 9.57. The van der Waals surface area contributed by atoms with Crippen LogP contribution >= 0.6 is 0 Å². The topological polar surface area (TPSA) is 64.7 Å². The van der Waals surface area contributed by atoms with Crippen LogP contribution in [0.3, 0.4) is 0 Å². The van der Waals surface area contributed by atoms with Crippen molar-refractivity contribution in [3.05, 3.63) is 96.6 Å². The lowest BCUT2D eigenvalue weighted by molar-refractivity contribution is -0.121. The molecule has 2 aliphatic rings. The quantitative estimate of drug-likeness (QED) is 0.576. The summed E-state index contributed by atoms with van der Waals surface area (Å²) in [6, 6.07) is 30.0. The van der Waals surface area contributed by atoms with Crippen molar-refractivity contribution >= 4 is 23.2 Å². The average Bonchev–Trinajstić information content (AvgIpc) is 3.18. The Morgan fingerprint density at radius 1 is 0.943 bits per heavy atom. The number of rotatable bonds is 6. The summed E-state index contributed by atoms with van der Waals surface area (Å²) in [5.41, 5.74) is 2.46. The molecule has 0 spiro atoms. The van der Waals surface area contributed by atoms with Gasteiger partial charge in [0.25, 0.3) is 0 Å². The maximum Gasteiger partial charge on any atom is 0.245 e. The minimum Gasteiger partial charge on any atom is -0.348 e. The van der Waals surface area contributed by atoms with Crippen LogP contribution in [-0.4, -0.2) is 48.4 Å². The second-order valence-electron chi connectivity index (χ2n) is 9.57. The van der Waals surface area contributed by atoms with Crippen LogP contribution in [0.4, 0.5) is 11.4 Å². The van der Waals surface area contributed by atoms with E-state index in [0.29, 0.717) is 13.1 Å². The molecule has 2 fully saturated rings. The highest BCUT2D eigenvalue weighted by Crippen LogP contribution is 2.46. The van der Waals surface area contributed by atoms with Gasteiger partial charge in [-0.05, 0) is 42.8 Å². The summed E-state index contributed by atoms with van der Waals surface area (Å²) >= 11 is 0. The van der Waals surface area contributed by atoms with Crippen LogP contribution in [0.5, 0.6) is 0 Å². The number of nitrogens with zero attached hydrogens (tertiary/aromatic N) is 2. The number of nitrogens with one attached hydrogen (secondary N) is 2. The molecule has 2 heterocycles. The van der Waals surface area contributed by atoms with Crippen LogP contribution in [-0.2, 0) is 9.59 Å². The Bertz CT molecular complexity index is 1120. The standard InChI is InChI=1S/C29H32N4O2/c1-22(34)31-29-20-30-18-17-26(29)28(23-11-5-2-6-12-23)32(21-29)19-27(35)33(24-13-7-3-8-14-24)25-15-9-4-10-16-25/h2-16,26,28,30H,17-21H2,1H3,(H,31,34)/t26-,28-,29-/m1/s1. The zero-order valence-electron chi connectivity index (χ0n) is 20.1. The van der Waals surface area contributed by atoms with Gasteiger partial charge in [-0.2, -0.15) is 0 Å². The Labute approximate surface area is 206 Å². The molecule has 2 N–H and O–H groups in total. The predicted molar refractivity (Wildman–Crippen MR) is 138 cm³/mol. The molecule has 3 aromatic carbocycles. The molecule has 6 heteroatoms. The van der Waals surface area contributed by atoms with Crippen LogP contribution < -0.4 is 15.5 Å². The van der Waals surface area contributed by atoms with Gasteiger partial charge in [0, 0.05) is 43.3 Å². The van der Waals surface area contributed by atoms with E-state index in [1.165, 1.54) is 5.56 Å². The average molecular weight is 469 g/mol. The lowest BCUT2D eigenvalue weighted by Crippen LogP contribution is -2.62. The van der Waals surface area contributed by atoms with Crippen molar-refractivity contribution in [2.75, 3.05) is 31.1 Å². The number of benzene rings is 3. The fourth-order valence-corrected chi connectivity index (χ4v) is 5.94. The van der Waals surface area contributed by atoms with Gasteiger partial charge in [-0.15, -0.1) is 0 Å². The Morgan fingerprint density at radius 3 is 2.09 bits per heavy atom. The smallest absolute Gasteiger partial charge is 0.245 e. The summed E-state index contributed by atoms with van der Waals surface area (Å²) in [7, 11) is 0. The SMILES string of the molecule is CC(=O)N[C@@]12CNCC[C@@H]1[C@@H](c1ccccc1)N(CC(=O)N(c1ccccc1)c1ccccc1)C2. The molecule has 3 atom stereocenters. The third-order valence-electron chi connectivity index (χ3n) is 7.22. The van der Waals surface area contributed by atoms with Gasteiger partial charge in [0.2, 0.25) is 11.8 Å². The Hall–Kier alpha value is -3.48. The Morgan fingerprint density at radius 2 is 1.51 bits per heavy atom. The highest BCUT2D eigenvalue weighted by Gasteiger charge is 2.54. The van der Waals surface area contributed by atoms with Gasteiger partial charge in [-0.25, -0.2) is 0 Å². The van der Waals surface area contributed by atoms with Gasteiger partial charge in [0.1, 0.15) is 0 Å². The van der Waals surface area contributed by atoms with Gasteiger partial charge in [0.15, 0.2) is 0 Å². The van der Waals surface area contributed by atoms with Crippen LogP contribution in [0.25, 0.3) is 0 Å². The van der Waals surface area contributed by atoms with Crippen molar-refractivity contribution in [2.45, 2.75) is 24.9 Å². The predicted octanol–water partition coefficient (Wildman–Crippen LogP) is 3.89. The largest absolute Gasteiger partial charge is 0.348 e. The highest BCUT2D eigenvalue weighted by atomic mass is 16.2. The molecule has 6 nitrogen and oxygen atoms in total. The van der Waals surface area contributed by atoms with E-state index in [4.69, 9.17) is 0 Å². The minimum atomic E-state index is -0.408. The van der Waals surface area contributed by atoms with Crippen molar-refractivity contribution in [1.29, 1.82) is 0 Å². The van der Waals surface area contributed by atoms with E-state index in [-0.39, 0.29) is 30.3 Å². The maximum absolute atomic E-state index is 14.0. The number of hydrogen-bond acceptors (Lipinski definition) is 4. The zero-order valence-corrected chi connectivity index (χ0v) is 20.1. The Kier molecular flexibility index (Phi) is 6.66. The molecule has 0 aromatic heterocycles. The van der Waals surface area contributed by atoms with Gasteiger partial charge >= 0.3 is 0 Å². The van der Waals surface area contributed by atoms with Crippen LogP contribution in [0.15, 0.2) is 91.0 Å². The number of piperidine rings is 1. The van der Waals surface area contributed by atoms with Crippen molar-refractivity contribution in [3.8, 4) is 0 Å². The lowest BCUT2D eigenvalue weighted by Gasteiger charge is -2.41. The molecule has 35 heavy (non-hydrogen) atoms. The highest BCUT2D eigenvalue weighted by molar-refractivity contribution is 6.01. The molecule has 0 aliphatic carbocycles. The molecule has 0 saturated carbocycles. The summed E-state index contributed by atoms with van der Waals surface area (Å²) in [5.74, 6) is 0.187. The first-order valence-corrected chi connectivity index (χ1v) is 12.3. The van der Waals surface area contributed by atoms with Gasteiger partial charge in [0.05, 0.1) is 12.1 Å². The fourth-order valence-electron chi connectivity index (χ4n) is 5.94. The number of fused-ring (bicyclic) bond motifs is 1. The van der Waals surface area contributed by atoms with E-state index in [9.17, 15) is 9.59 Å². The molecular formula is C29H32N4O2. The summed E-state index contributed by atoms with van der Waals surface area (Å²) in [6.45, 7) is 4.05. The molecular weight excluding hydrogens is 436 g/mol. The number of para-hydroxylation sites is 2. The summed E-state index contributed by atoms with van der Waals surface area (Å²) < 4.78 is 0. The van der Waals surface area contributed by atoms with E-state index in [2.05, 4.69) is 39.8 Å². The molecule has 0 bridgehead atoms. The van der Waals surface area contributed by atoms with E-state index < -0.39 is 5.54 Å². The molecule has 2 aliphatic heterocycles. The first-order chi connectivity index (χ1) is 17.1. The third kappa shape index (κ3) is 4.72.